The Morgan fingerprint density at radius 2 is 2.21 bits per heavy atom. The maximum atomic E-state index is 12.3. The summed E-state index contributed by atoms with van der Waals surface area (Å²) >= 11 is 0. The molecule has 0 bridgehead atoms. The van der Waals surface area contributed by atoms with Crippen LogP contribution in [0.2, 0.25) is 0 Å². The number of carbonyl (C=O) groups excluding carboxylic acids is 1. The maximum absolute atomic E-state index is 12.3. The van der Waals surface area contributed by atoms with Gasteiger partial charge >= 0.3 is 0 Å². The molecule has 2 aromatic heterocycles. The number of hydrogen-bond donors (Lipinski definition) is 1. The highest BCUT2D eigenvalue weighted by molar-refractivity contribution is 5.92. The number of aryl methyl sites for hydroxylation is 2. The highest BCUT2D eigenvalue weighted by Gasteiger charge is 2.17. The number of amides is 1. The van der Waals surface area contributed by atoms with Gasteiger partial charge in [-0.15, -0.1) is 0 Å². The minimum atomic E-state index is -0.158. The summed E-state index contributed by atoms with van der Waals surface area (Å²) in [6.45, 7) is 4.86. The zero-order chi connectivity index (χ0) is 16.5. The van der Waals surface area contributed by atoms with Crippen LogP contribution in [0, 0.1) is 6.92 Å². The number of hydrogen-bond acceptors (Lipinski definition) is 3. The zero-order valence-corrected chi connectivity index (χ0v) is 13.7. The van der Waals surface area contributed by atoms with Gasteiger partial charge in [0, 0.05) is 43.3 Å². The van der Waals surface area contributed by atoms with E-state index in [9.17, 15) is 4.79 Å². The fourth-order valence-electron chi connectivity index (χ4n) is 3.20. The lowest BCUT2D eigenvalue weighted by Crippen LogP contribution is -2.28. The molecule has 1 N–H and O–H groups in total. The highest BCUT2D eigenvalue weighted by atomic mass is 16.5. The lowest BCUT2D eigenvalue weighted by atomic mass is 10.2. The van der Waals surface area contributed by atoms with Crippen molar-refractivity contribution < 1.29 is 9.53 Å². The lowest BCUT2D eigenvalue weighted by Gasteiger charge is -2.13. The van der Waals surface area contributed by atoms with Crippen molar-refractivity contribution in [3.05, 3.63) is 47.8 Å². The Morgan fingerprint density at radius 3 is 3.08 bits per heavy atom. The zero-order valence-electron chi connectivity index (χ0n) is 13.7. The van der Waals surface area contributed by atoms with Crippen LogP contribution in [-0.2, 0) is 13.1 Å². The van der Waals surface area contributed by atoms with Crippen LogP contribution in [-0.4, -0.2) is 33.4 Å². The molecule has 0 saturated carbocycles. The van der Waals surface area contributed by atoms with Gasteiger partial charge in [0.15, 0.2) is 5.69 Å². The van der Waals surface area contributed by atoms with Gasteiger partial charge in [-0.3, -0.25) is 4.79 Å². The number of rotatable bonds is 4. The van der Waals surface area contributed by atoms with Gasteiger partial charge in [-0.2, -0.15) is 5.10 Å². The van der Waals surface area contributed by atoms with Crippen LogP contribution in [0.1, 0.15) is 22.6 Å². The van der Waals surface area contributed by atoms with Crippen LogP contribution in [0.15, 0.2) is 36.4 Å². The molecule has 1 amide bonds. The summed E-state index contributed by atoms with van der Waals surface area (Å²) in [5.74, 6) is 0.522. The third-order valence-corrected chi connectivity index (χ3v) is 4.38. The van der Waals surface area contributed by atoms with Crippen molar-refractivity contribution in [3.63, 3.8) is 0 Å². The number of nitrogens with one attached hydrogen (secondary N) is 1. The molecule has 0 atom stereocenters. The summed E-state index contributed by atoms with van der Waals surface area (Å²) < 4.78 is 9.47. The van der Waals surface area contributed by atoms with Crippen molar-refractivity contribution in [1.29, 1.82) is 0 Å². The minimum absolute atomic E-state index is 0.158. The quantitative estimate of drug-likeness (QED) is 0.801. The van der Waals surface area contributed by atoms with Gasteiger partial charge < -0.3 is 14.6 Å². The van der Waals surface area contributed by atoms with Crippen molar-refractivity contribution in [2.75, 3.05) is 13.2 Å². The van der Waals surface area contributed by atoms with E-state index >= 15 is 0 Å². The van der Waals surface area contributed by atoms with Crippen molar-refractivity contribution >= 4 is 16.8 Å². The molecule has 0 fully saturated rings. The number of benzene rings is 1. The van der Waals surface area contributed by atoms with Gasteiger partial charge in [-0.1, -0.05) is 18.2 Å². The van der Waals surface area contributed by atoms with Crippen LogP contribution >= 0.6 is 0 Å². The number of nitrogens with zero attached hydrogens (tertiary/aromatic N) is 3. The molecule has 0 radical (unpaired) electrons. The molecule has 3 heterocycles. The van der Waals surface area contributed by atoms with Gasteiger partial charge in [-0.05, 0) is 24.4 Å². The molecule has 6 nitrogen and oxygen atoms in total. The fraction of sp³-hybridized carbons (Fsp3) is 0.333. The van der Waals surface area contributed by atoms with Crippen LogP contribution in [0.5, 0.6) is 5.88 Å². The topological polar surface area (TPSA) is 61.1 Å². The van der Waals surface area contributed by atoms with Gasteiger partial charge in [0.05, 0.1) is 6.61 Å². The molecule has 6 heteroatoms. The molecule has 24 heavy (non-hydrogen) atoms. The molecular formula is C18H20N4O2. The predicted octanol–water partition coefficient (Wildman–Crippen LogP) is 2.36. The molecule has 1 aromatic carbocycles. The Labute approximate surface area is 140 Å². The van der Waals surface area contributed by atoms with Gasteiger partial charge in [-0.25, -0.2) is 4.68 Å². The molecule has 1 aliphatic heterocycles. The van der Waals surface area contributed by atoms with Crippen LogP contribution in [0.25, 0.3) is 10.9 Å². The first-order valence-electron chi connectivity index (χ1n) is 8.26. The van der Waals surface area contributed by atoms with E-state index < -0.39 is 0 Å². The third-order valence-electron chi connectivity index (χ3n) is 4.38. The van der Waals surface area contributed by atoms with E-state index in [1.165, 1.54) is 16.6 Å². The summed E-state index contributed by atoms with van der Waals surface area (Å²) in [6, 6.07) is 12.2. The monoisotopic (exact) mass is 324 g/mol. The van der Waals surface area contributed by atoms with Gasteiger partial charge in [0.25, 0.3) is 5.91 Å². The highest BCUT2D eigenvalue weighted by Crippen LogP contribution is 2.19. The average Bonchev–Trinajstić information content (AvgIpc) is 3.16. The van der Waals surface area contributed by atoms with E-state index in [-0.39, 0.29) is 5.91 Å². The van der Waals surface area contributed by atoms with Crippen LogP contribution in [0.4, 0.5) is 0 Å². The fourth-order valence-corrected chi connectivity index (χ4v) is 3.20. The first-order chi connectivity index (χ1) is 11.7. The molecule has 124 valence electrons. The largest absolute Gasteiger partial charge is 0.478 e. The first-order valence-corrected chi connectivity index (χ1v) is 8.26. The lowest BCUT2D eigenvalue weighted by molar-refractivity contribution is 0.0946. The van der Waals surface area contributed by atoms with Gasteiger partial charge in [0.2, 0.25) is 5.88 Å². The average molecular weight is 324 g/mol. The molecular weight excluding hydrogens is 304 g/mol. The summed E-state index contributed by atoms with van der Waals surface area (Å²) in [5.41, 5.74) is 2.80. The number of carbonyl (C=O) groups is 1. The van der Waals surface area contributed by atoms with E-state index in [0.29, 0.717) is 24.7 Å². The Kier molecular flexibility index (Phi) is 3.72. The minimum Gasteiger partial charge on any atom is -0.478 e. The smallest absolute Gasteiger partial charge is 0.271 e. The molecule has 0 saturated heterocycles. The second-order valence-electron chi connectivity index (χ2n) is 6.05. The van der Waals surface area contributed by atoms with Gasteiger partial charge in [0.1, 0.15) is 0 Å². The number of ether oxygens (including phenoxy) is 1. The Hall–Kier alpha value is -2.76. The van der Waals surface area contributed by atoms with E-state index in [0.717, 1.165) is 19.5 Å². The Morgan fingerprint density at radius 1 is 1.33 bits per heavy atom. The molecule has 1 aliphatic rings. The number of fused-ring (bicyclic) bond motifs is 2. The number of para-hydroxylation sites is 1. The summed E-state index contributed by atoms with van der Waals surface area (Å²) in [5, 5.41) is 8.48. The molecule has 0 spiro atoms. The third kappa shape index (κ3) is 2.64. The molecule has 3 aromatic rings. The van der Waals surface area contributed by atoms with Crippen molar-refractivity contribution in [3.8, 4) is 5.88 Å². The van der Waals surface area contributed by atoms with Crippen molar-refractivity contribution in [2.24, 2.45) is 0 Å². The molecule has 0 aliphatic carbocycles. The van der Waals surface area contributed by atoms with E-state index in [1.54, 1.807) is 10.7 Å². The summed E-state index contributed by atoms with van der Waals surface area (Å²) in [7, 11) is 0. The molecule has 0 unspecified atom stereocenters. The number of aromatic nitrogens is 3. The van der Waals surface area contributed by atoms with E-state index in [1.807, 2.05) is 12.1 Å². The summed E-state index contributed by atoms with van der Waals surface area (Å²) in [6.07, 6.45) is 0.926. The first kappa shape index (κ1) is 14.8. The van der Waals surface area contributed by atoms with E-state index in [2.05, 4.69) is 40.1 Å². The SMILES string of the molecule is Cc1cc2ccccc2n1CCNC(=O)c1cc2n(n1)CCCO2. The second kappa shape index (κ2) is 6.03. The van der Waals surface area contributed by atoms with Crippen LogP contribution in [0.3, 0.4) is 0 Å². The standard InChI is InChI=1S/C18H20N4O2/c1-13-11-14-5-2-3-6-16(14)21(13)9-7-19-18(23)15-12-17-22(20-15)8-4-10-24-17/h2-3,5-6,11-12H,4,7-10H2,1H3,(H,19,23). The Bertz CT molecular complexity index is 870. The summed E-state index contributed by atoms with van der Waals surface area (Å²) in [4.78, 5) is 12.3. The van der Waals surface area contributed by atoms with E-state index in [4.69, 9.17) is 4.74 Å². The predicted molar refractivity (Wildman–Crippen MR) is 91.3 cm³/mol. The van der Waals surface area contributed by atoms with Crippen LogP contribution < -0.4 is 10.1 Å². The molecule has 4 rings (SSSR count). The van der Waals surface area contributed by atoms with Crippen molar-refractivity contribution in [2.45, 2.75) is 26.4 Å². The normalized spacial score (nSPS) is 13.5. The maximum Gasteiger partial charge on any atom is 0.271 e. The second-order valence-corrected chi connectivity index (χ2v) is 6.05. The van der Waals surface area contributed by atoms with Crippen molar-refractivity contribution in [1.82, 2.24) is 19.7 Å². The Balaban J connectivity index is 1.42.